The first-order valence-electron chi connectivity index (χ1n) is 5.83. The molecule has 0 aliphatic rings. The lowest BCUT2D eigenvalue weighted by Gasteiger charge is -1.96. The summed E-state index contributed by atoms with van der Waals surface area (Å²) in [4.78, 5) is 4.10. The summed E-state index contributed by atoms with van der Waals surface area (Å²) in [5.74, 6) is 6.34. The fourth-order valence-corrected chi connectivity index (χ4v) is 1.83. The van der Waals surface area contributed by atoms with E-state index in [4.69, 9.17) is 0 Å². The second-order valence-electron chi connectivity index (χ2n) is 4.05. The minimum absolute atomic E-state index is 1.03. The number of fused-ring (bicyclic) bond motifs is 1. The van der Waals surface area contributed by atoms with Crippen LogP contribution in [0.4, 0.5) is 0 Å². The Bertz CT molecular complexity index is 733. The summed E-state index contributed by atoms with van der Waals surface area (Å²) in [7, 11) is 0. The summed E-state index contributed by atoms with van der Waals surface area (Å²) in [6.45, 7) is 0. The third-order valence-corrected chi connectivity index (χ3v) is 2.77. The predicted molar refractivity (Wildman–Crippen MR) is 74.2 cm³/mol. The zero-order chi connectivity index (χ0) is 12.2. The maximum Gasteiger partial charge on any atom is 0.0346 e. The summed E-state index contributed by atoms with van der Waals surface area (Å²) in [5.41, 5.74) is 2.06. The van der Waals surface area contributed by atoms with E-state index in [0.29, 0.717) is 0 Å². The molecule has 0 aliphatic heterocycles. The molecule has 0 aliphatic carbocycles. The Hall–Kier alpha value is -2.59. The van der Waals surface area contributed by atoms with Gasteiger partial charge in [0.2, 0.25) is 0 Å². The molecule has 0 saturated heterocycles. The van der Waals surface area contributed by atoms with Crippen molar-refractivity contribution in [2.75, 3.05) is 0 Å². The molecule has 1 nitrogen and oxygen atoms in total. The van der Waals surface area contributed by atoms with Gasteiger partial charge in [-0.05, 0) is 35.7 Å². The van der Waals surface area contributed by atoms with Crippen molar-refractivity contribution in [3.63, 3.8) is 0 Å². The third kappa shape index (κ3) is 2.23. The largest absolute Gasteiger partial charge is 0.264 e. The highest BCUT2D eigenvalue weighted by atomic mass is 14.6. The highest BCUT2D eigenvalue weighted by molar-refractivity contribution is 5.82. The molecular weight excluding hydrogens is 218 g/mol. The average molecular weight is 229 g/mol. The summed E-state index contributed by atoms with van der Waals surface area (Å²) in [5, 5.41) is 2.31. The molecule has 0 N–H and O–H groups in total. The molecule has 84 valence electrons. The van der Waals surface area contributed by atoms with Gasteiger partial charge in [-0.25, -0.2) is 0 Å². The smallest absolute Gasteiger partial charge is 0.0346 e. The van der Waals surface area contributed by atoms with Crippen molar-refractivity contribution in [3.8, 4) is 11.8 Å². The van der Waals surface area contributed by atoms with Crippen LogP contribution in [0.15, 0.2) is 67.0 Å². The van der Waals surface area contributed by atoms with Crippen LogP contribution in [0.3, 0.4) is 0 Å². The SMILES string of the molecule is C(#Cc1ccc2cnccc2c1)c1ccccc1. The van der Waals surface area contributed by atoms with Crippen molar-refractivity contribution in [2.45, 2.75) is 0 Å². The number of benzene rings is 2. The highest BCUT2D eigenvalue weighted by Crippen LogP contribution is 2.13. The first-order chi connectivity index (χ1) is 8.92. The Morgan fingerprint density at radius 1 is 0.722 bits per heavy atom. The molecule has 1 heterocycles. The van der Waals surface area contributed by atoms with Crippen LogP contribution in [0.2, 0.25) is 0 Å². The Balaban J connectivity index is 1.99. The third-order valence-electron chi connectivity index (χ3n) is 2.77. The zero-order valence-corrected chi connectivity index (χ0v) is 9.80. The minimum Gasteiger partial charge on any atom is -0.264 e. The standard InChI is InChI=1S/C17H11N/c1-2-4-14(5-3-1)6-7-15-8-9-17-13-18-11-10-16(17)12-15/h1-5,8-13H. The Morgan fingerprint density at radius 3 is 2.44 bits per heavy atom. The molecule has 3 aromatic rings. The van der Waals surface area contributed by atoms with Gasteiger partial charge in [0.15, 0.2) is 0 Å². The van der Waals surface area contributed by atoms with Crippen molar-refractivity contribution in [1.29, 1.82) is 0 Å². The second kappa shape index (κ2) is 4.73. The number of rotatable bonds is 0. The van der Waals surface area contributed by atoms with Crippen molar-refractivity contribution < 1.29 is 0 Å². The Morgan fingerprint density at radius 2 is 1.56 bits per heavy atom. The first kappa shape index (κ1) is 10.6. The lowest BCUT2D eigenvalue weighted by atomic mass is 10.1. The van der Waals surface area contributed by atoms with Gasteiger partial charge in [0.05, 0.1) is 0 Å². The number of hydrogen-bond acceptors (Lipinski definition) is 1. The van der Waals surface area contributed by atoms with Crippen molar-refractivity contribution >= 4 is 10.8 Å². The van der Waals surface area contributed by atoms with Gasteiger partial charge in [-0.2, -0.15) is 0 Å². The van der Waals surface area contributed by atoms with E-state index in [2.05, 4.69) is 29.0 Å². The maximum absolute atomic E-state index is 4.10. The molecule has 0 fully saturated rings. The normalized spacial score (nSPS) is 9.78. The second-order valence-corrected chi connectivity index (χ2v) is 4.05. The van der Waals surface area contributed by atoms with E-state index in [1.165, 1.54) is 5.39 Å². The zero-order valence-electron chi connectivity index (χ0n) is 9.80. The fraction of sp³-hybridized carbons (Fsp3) is 0. The van der Waals surface area contributed by atoms with Crippen molar-refractivity contribution in [1.82, 2.24) is 4.98 Å². The molecule has 0 saturated carbocycles. The monoisotopic (exact) mass is 229 g/mol. The van der Waals surface area contributed by atoms with E-state index in [1.54, 1.807) is 6.20 Å². The first-order valence-corrected chi connectivity index (χ1v) is 5.83. The molecule has 0 amide bonds. The van der Waals surface area contributed by atoms with Crippen LogP contribution in [-0.4, -0.2) is 4.98 Å². The molecule has 18 heavy (non-hydrogen) atoms. The van der Waals surface area contributed by atoms with Gasteiger partial charge in [-0.15, -0.1) is 0 Å². The minimum atomic E-state index is 1.03. The van der Waals surface area contributed by atoms with E-state index in [1.807, 2.05) is 48.7 Å². The van der Waals surface area contributed by atoms with Gasteiger partial charge in [0, 0.05) is 28.9 Å². The molecule has 1 aromatic heterocycles. The van der Waals surface area contributed by atoms with E-state index in [9.17, 15) is 0 Å². The topological polar surface area (TPSA) is 12.9 Å². The van der Waals surface area contributed by atoms with E-state index >= 15 is 0 Å². The molecule has 1 heteroatoms. The van der Waals surface area contributed by atoms with Crippen LogP contribution in [-0.2, 0) is 0 Å². The van der Waals surface area contributed by atoms with E-state index < -0.39 is 0 Å². The van der Waals surface area contributed by atoms with Crippen molar-refractivity contribution in [2.24, 2.45) is 0 Å². The van der Waals surface area contributed by atoms with Crippen LogP contribution >= 0.6 is 0 Å². The summed E-state index contributed by atoms with van der Waals surface area (Å²) >= 11 is 0. The highest BCUT2D eigenvalue weighted by Gasteiger charge is 1.93. The quantitative estimate of drug-likeness (QED) is 0.536. The molecule has 0 unspecified atom stereocenters. The predicted octanol–water partition coefficient (Wildman–Crippen LogP) is 3.63. The fourth-order valence-electron chi connectivity index (χ4n) is 1.83. The Labute approximate surface area is 106 Å². The molecule has 3 rings (SSSR count). The van der Waals surface area contributed by atoms with Crippen LogP contribution in [0.25, 0.3) is 10.8 Å². The van der Waals surface area contributed by atoms with Gasteiger partial charge < -0.3 is 0 Å². The number of nitrogens with zero attached hydrogens (tertiary/aromatic N) is 1. The molecule has 0 radical (unpaired) electrons. The molecule has 0 spiro atoms. The molecule has 0 atom stereocenters. The van der Waals surface area contributed by atoms with E-state index in [0.717, 1.165) is 16.5 Å². The van der Waals surface area contributed by atoms with Crippen LogP contribution < -0.4 is 0 Å². The maximum atomic E-state index is 4.10. The number of pyridine rings is 1. The van der Waals surface area contributed by atoms with Crippen molar-refractivity contribution in [3.05, 3.63) is 78.1 Å². The summed E-state index contributed by atoms with van der Waals surface area (Å²) in [6.07, 6.45) is 3.67. The van der Waals surface area contributed by atoms with Crippen LogP contribution in [0.5, 0.6) is 0 Å². The lowest BCUT2D eigenvalue weighted by molar-refractivity contribution is 1.36. The van der Waals surface area contributed by atoms with Crippen LogP contribution in [0.1, 0.15) is 11.1 Å². The summed E-state index contributed by atoms with van der Waals surface area (Å²) in [6, 6.07) is 18.2. The molecule has 0 bridgehead atoms. The van der Waals surface area contributed by atoms with Gasteiger partial charge in [0.1, 0.15) is 0 Å². The van der Waals surface area contributed by atoms with Gasteiger partial charge in [0.25, 0.3) is 0 Å². The molecular formula is C17H11N. The van der Waals surface area contributed by atoms with Gasteiger partial charge >= 0.3 is 0 Å². The number of aromatic nitrogens is 1. The number of hydrogen-bond donors (Lipinski definition) is 0. The van der Waals surface area contributed by atoms with Crippen LogP contribution in [0, 0.1) is 11.8 Å². The Kier molecular flexibility index (Phi) is 2.77. The average Bonchev–Trinajstić information content (AvgIpc) is 2.46. The lowest BCUT2D eigenvalue weighted by Crippen LogP contribution is -1.79. The molecule has 2 aromatic carbocycles. The summed E-state index contributed by atoms with van der Waals surface area (Å²) < 4.78 is 0. The van der Waals surface area contributed by atoms with Gasteiger partial charge in [-0.1, -0.05) is 36.1 Å². The van der Waals surface area contributed by atoms with E-state index in [-0.39, 0.29) is 0 Å². The van der Waals surface area contributed by atoms with Gasteiger partial charge in [-0.3, -0.25) is 4.98 Å².